The van der Waals surface area contributed by atoms with Crippen LogP contribution < -0.4 is 5.73 Å². The highest BCUT2D eigenvalue weighted by Crippen LogP contribution is 2.24. The Morgan fingerprint density at radius 1 is 1.50 bits per heavy atom. The van der Waals surface area contributed by atoms with Gasteiger partial charge >= 0.3 is 0 Å². The Morgan fingerprint density at radius 3 is 2.42 bits per heavy atom. The Bertz CT molecular complexity index is 331. The molecule has 3 N–H and O–H groups in total. The van der Waals surface area contributed by atoms with E-state index in [2.05, 4.69) is 0 Å². The first-order valence-electron chi connectivity index (χ1n) is 3.46. The van der Waals surface area contributed by atoms with Gasteiger partial charge in [0.2, 0.25) is 0 Å². The van der Waals surface area contributed by atoms with Crippen molar-refractivity contribution < 1.29 is 13.0 Å². The van der Waals surface area contributed by atoms with Crippen LogP contribution in [0.3, 0.4) is 0 Å². The van der Waals surface area contributed by atoms with E-state index in [1.54, 1.807) is 12.2 Å². The molecular formula is C7H11NO3S. The smallest absolute Gasteiger partial charge is 0.275 e. The molecule has 1 aliphatic rings. The fourth-order valence-corrected chi connectivity index (χ4v) is 1.66. The van der Waals surface area contributed by atoms with Crippen molar-refractivity contribution in [2.75, 3.05) is 0 Å². The van der Waals surface area contributed by atoms with Gasteiger partial charge in [-0.15, -0.1) is 0 Å². The summed E-state index contributed by atoms with van der Waals surface area (Å²) in [4.78, 5) is 0. The van der Waals surface area contributed by atoms with Crippen molar-refractivity contribution in [1.82, 2.24) is 0 Å². The van der Waals surface area contributed by atoms with Gasteiger partial charge in [-0.1, -0.05) is 24.3 Å². The number of hydrogen-bond donors (Lipinski definition) is 2. The summed E-state index contributed by atoms with van der Waals surface area (Å²) in [5.41, 5.74) is 5.52. The zero-order valence-corrected chi connectivity index (χ0v) is 7.45. The van der Waals surface area contributed by atoms with E-state index in [9.17, 15) is 8.42 Å². The molecule has 0 amide bonds. The Kier molecular flexibility index (Phi) is 2.11. The van der Waals surface area contributed by atoms with E-state index in [1.807, 2.05) is 0 Å². The van der Waals surface area contributed by atoms with Gasteiger partial charge in [0.15, 0.2) is 0 Å². The van der Waals surface area contributed by atoms with Crippen molar-refractivity contribution in [3.05, 3.63) is 24.3 Å². The molecule has 0 aromatic heterocycles. The van der Waals surface area contributed by atoms with E-state index in [0.29, 0.717) is 0 Å². The average molecular weight is 189 g/mol. The molecule has 0 heterocycles. The molecule has 2 atom stereocenters. The topological polar surface area (TPSA) is 80.4 Å². The van der Waals surface area contributed by atoms with Gasteiger partial charge in [0.25, 0.3) is 10.1 Å². The first kappa shape index (κ1) is 9.44. The van der Waals surface area contributed by atoms with Crippen molar-refractivity contribution in [3.63, 3.8) is 0 Å². The lowest BCUT2D eigenvalue weighted by Gasteiger charge is -2.28. The fourth-order valence-electron chi connectivity index (χ4n) is 0.991. The van der Waals surface area contributed by atoms with Gasteiger partial charge < -0.3 is 5.73 Å². The van der Waals surface area contributed by atoms with Gasteiger partial charge in [-0.3, -0.25) is 4.55 Å². The van der Waals surface area contributed by atoms with Crippen LogP contribution in [0.25, 0.3) is 0 Å². The molecule has 5 heteroatoms. The third kappa shape index (κ3) is 1.31. The monoisotopic (exact) mass is 189 g/mol. The molecule has 68 valence electrons. The molecule has 0 bridgehead atoms. The summed E-state index contributed by atoms with van der Waals surface area (Å²) in [7, 11) is -4.14. The Morgan fingerprint density at radius 2 is 2.08 bits per heavy atom. The van der Waals surface area contributed by atoms with Crippen molar-refractivity contribution in [2.45, 2.75) is 17.7 Å². The molecule has 0 aromatic carbocycles. The summed E-state index contributed by atoms with van der Waals surface area (Å²) in [5.74, 6) is 0. The lowest BCUT2D eigenvalue weighted by atomic mass is 9.97. The van der Waals surface area contributed by atoms with Crippen LogP contribution in [0, 0.1) is 0 Å². The molecule has 0 aromatic rings. The van der Waals surface area contributed by atoms with E-state index in [4.69, 9.17) is 10.3 Å². The highest BCUT2D eigenvalue weighted by molar-refractivity contribution is 7.87. The van der Waals surface area contributed by atoms with Crippen LogP contribution in [0.15, 0.2) is 24.3 Å². The van der Waals surface area contributed by atoms with Crippen LogP contribution in [0.4, 0.5) is 0 Å². The third-order valence-electron chi connectivity index (χ3n) is 2.07. The number of nitrogens with two attached hydrogens (primary N) is 1. The second-order valence-corrected chi connectivity index (χ2v) is 4.76. The van der Waals surface area contributed by atoms with E-state index in [0.717, 1.165) is 0 Å². The van der Waals surface area contributed by atoms with Gasteiger partial charge in [-0.2, -0.15) is 8.42 Å². The minimum Gasteiger partial charge on any atom is -0.323 e. The summed E-state index contributed by atoms with van der Waals surface area (Å²) < 4.78 is 29.3. The molecule has 2 unspecified atom stereocenters. The van der Waals surface area contributed by atoms with Crippen LogP contribution in [-0.4, -0.2) is 23.8 Å². The number of allylic oxidation sites excluding steroid dienone is 2. The van der Waals surface area contributed by atoms with Crippen LogP contribution in [0.5, 0.6) is 0 Å². The summed E-state index contributed by atoms with van der Waals surface area (Å²) in [6.45, 7) is 1.38. The van der Waals surface area contributed by atoms with Crippen LogP contribution in [-0.2, 0) is 10.1 Å². The maximum atomic E-state index is 10.9. The molecule has 0 saturated heterocycles. The van der Waals surface area contributed by atoms with Gasteiger partial charge in [0.1, 0.15) is 4.75 Å². The zero-order valence-electron chi connectivity index (χ0n) is 6.64. The van der Waals surface area contributed by atoms with E-state index < -0.39 is 20.9 Å². The molecule has 0 saturated carbocycles. The Labute approximate surface area is 71.5 Å². The minimum absolute atomic E-state index is 0.697. The maximum absolute atomic E-state index is 10.9. The highest BCUT2D eigenvalue weighted by atomic mass is 32.2. The minimum atomic E-state index is -4.14. The van der Waals surface area contributed by atoms with Crippen LogP contribution in [0.1, 0.15) is 6.92 Å². The lowest BCUT2D eigenvalue weighted by molar-refractivity contribution is 0.442. The normalized spacial score (nSPS) is 35.4. The second kappa shape index (κ2) is 2.69. The Balaban J connectivity index is 3.16. The van der Waals surface area contributed by atoms with Crippen molar-refractivity contribution in [3.8, 4) is 0 Å². The highest BCUT2D eigenvalue weighted by Gasteiger charge is 2.41. The lowest BCUT2D eigenvalue weighted by Crippen LogP contribution is -2.49. The van der Waals surface area contributed by atoms with E-state index in [1.165, 1.54) is 19.1 Å². The quantitative estimate of drug-likeness (QED) is 0.573. The van der Waals surface area contributed by atoms with E-state index >= 15 is 0 Å². The molecule has 0 fully saturated rings. The average Bonchev–Trinajstić information content (AvgIpc) is 1.93. The number of rotatable bonds is 1. The second-order valence-electron chi connectivity index (χ2n) is 2.93. The Hall–Kier alpha value is -0.650. The summed E-state index contributed by atoms with van der Waals surface area (Å²) in [5, 5.41) is 0. The van der Waals surface area contributed by atoms with E-state index in [-0.39, 0.29) is 0 Å². The summed E-state index contributed by atoms with van der Waals surface area (Å²) >= 11 is 0. The molecular weight excluding hydrogens is 178 g/mol. The van der Waals surface area contributed by atoms with Gasteiger partial charge in [-0.05, 0) is 6.92 Å². The third-order valence-corrected chi connectivity index (χ3v) is 3.59. The van der Waals surface area contributed by atoms with Crippen molar-refractivity contribution >= 4 is 10.1 Å². The van der Waals surface area contributed by atoms with Crippen LogP contribution >= 0.6 is 0 Å². The standard InChI is InChI=1S/C7H11NO3S/c1-7(12(9,10)11)5-3-2-4-6(7)8/h2-6H,8H2,1H3,(H,9,10,11). The summed E-state index contributed by atoms with van der Waals surface area (Å²) in [6, 6.07) is -0.697. The van der Waals surface area contributed by atoms with Crippen molar-refractivity contribution in [1.29, 1.82) is 0 Å². The molecule has 0 radical (unpaired) electrons. The SMILES string of the molecule is CC1(S(=O)(=O)O)C=CC=CC1N. The predicted octanol–water partition coefficient (Wildman–Crippen LogP) is 0.0862. The number of hydrogen-bond acceptors (Lipinski definition) is 3. The van der Waals surface area contributed by atoms with Crippen molar-refractivity contribution in [2.24, 2.45) is 5.73 Å². The maximum Gasteiger partial charge on any atom is 0.275 e. The molecule has 4 nitrogen and oxygen atoms in total. The van der Waals surface area contributed by atoms with Gasteiger partial charge in [0, 0.05) is 6.04 Å². The van der Waals surface area contributed by atoms with Crippen LogP contribution in [0.2, 0.25) is 0 Å². The molecule has 1 aliphatic carbocycles. The molecule has 12 heavy (non-hydrogen) atoms. The van der Waals surface area contributed by atoms with Gasteiger partial charge in [-0.25, -0.2) is 0 Å². The first-order valence-corrected chi connectivity index (χ1v) is 4.90. The molecule has 1 rings (SSSR count). The largest absolute Gasteiger partial charge is 0.323 e. The first-order chi connectivity index (χ1) is 5.38. The van der Waals surface area contributed by atoms with Gasteiger partial charge in [0.05, 0.1) is 0 Å². The fraction of sp³-hybridized carbons (Fsp3) is 0.429. The zero-order chi connectivity index (χ0) is 9.41. The summed E-state index contributed by atoms with van der Waals surface area (Å²) in [6.07, 6.45) is 6.12. The molecule has 0 spiro atoms. The predicted molar refractivity (Wildman–Crippen MR) is 46.2 cm³/mol. The molecule has 0 aliphatic heterocycles.